The molecule has 0 aromatic heterocycles. The van der Waals surface area contributed by atoms with E-state index in [1.165, 1.54) is 11.1 Å². The molecular formula is C13H17NOS. The molecule has 0 saturated carbocycles. The molecule has 2 nitrogen and oxygen atoms in total. The van der Waals surface area contributed by atoms with Crippen LogP contribution >= 0.6 is 12.6 Å². The molecule has 1 saturated heterocycles. The summed E-state index contributed by atoms with van der Waals surface area (Å²) in [5.41, 5.74) is 2.50. The van der Waals surface area contributed by atoms with Crippen LogP contribution < -0.4 is 0 Å². The zero-order chi connectivity index (χ0) is 11.5. The molecule has 1 unspecified atom stereocenters. The van der Waals surface area contributed by atoms with E-state index >= 15 is 0 Å². The zero-order valence-corrected chi connectivity index (χ0v) is 10.4. The van der Waals surface area contributed by atoms with Crippen molar-refractivity contribution in [1.82, 2.24) is 4.90 Å². The highest BCUT2D eigenvalue weighted by Crippen LogP contribution is 2.21. The van der Waals surface area contributed by atoms with Crippen molar-refractivity contribution < 1.29 is 4.79 Å². The molecule has 1 aromatic rings. The number of aryl methyl sites for hydroxylation is 1. The van der Waals surface area contributed by atoms with E-state index in [0.717, 1.165) is 18.8 Å². The summed E-state index contributed by atoms with van der Waals surface area (Å²) in [6.45, 7) is 3.69. The number of amides is 1. The van der Waals surface area contributed by atoms with Gasteiger partial charge in [0.2, 0.25) is 5.91 Å². The van der Waals surface area contributed by atoms with Gasteiger partial charge in [0.05, 0.1) is 0 Å². The Balaban J connectivity index is 2.06. The summed E-state index contributed by atoms with van der Waals surface area (Å²) < 4.78 is 0. The lowest BCUT2D eigenvalue weighted by Crippen LogP contribution is -2.25. The minimum absolute atomic E-state index is 0.266. The Morgan fingerprint density at radius 2 is 2.19 bits per heavy atom. The number of likely N-dealkylation sites (tertiary alicyclic amines) is 1. The van der Waals surface area contributed by atoms with Gasteiger partial charge in [0.25, 0.3) is 0 Å². The SMILES string of the molecule is Cc1ccccc1CN1CC(CS)CC1=O. The third-order valence-corrected chi connectivity index (χ3v) is 3.69. The van der Waals surface area contributed by atoms with Gasteiger partial charge in [-0.25, -0.2) is 0 Å². The third kappa shape index (κ3) is 2.40. The monoisotopic (exact) mass is 235 g/mol. The van der Waals surface area contributed by atoms with Gasteiger partial charge in [-0.2, -0.15) is 12.6 Å². The normalized spacial score (nSPS) is 20.5. The van der Waals surface area contributed by atoms with Crippen LogP contribution in [0.4, 0.5) is 0 Å². The largest absolute Gasteiger partial charge is 0.338 e. The smallest absolute Gasteiger partial charge is 0.223 e. The number of benzene rings is 1. The van der Waals surface area contributed by atoms with E-state index in [4.69, 9.17) is 0 Å². The first-order chi connectivity index (χ1) is 7.70. The molecule has 16 heavy (non-hydrogen) atoms. The number of hydrogen-bond acceptors (Lipinski definition) is 2. The molecule has 1 fully saturated rings. The highest BCUT2D eigenvalue weighted by atomic mass is 32.1. The molecular weight excluding hydrogens is 218 g/mol. The van der Waals surface area contributed by atoms with Gasteiger partial charge in [-0.05, 0) is 29.7 Å². The van der Waals surface area contributed by atoms with Crippen molar-refractivity contribution >= 4 is 18.5 Å². The van der Waals surface area contributed by atoms with Crippen molar-refractivity contribution in [2.75, 3.05) is 12.3 Å². The van der Waals surface area contributed by atoms with E-state index in [9.17, 15) is 4.79 Å². The molecule has 1 atom stereocenters. The summed E-state index contributed by atoms with van der Waals surface area (Å²) in [4.78, 5) is 13.7. The second-order valence-corrected chi connectivity index (χ2v) is 4.82. The first-order valence-electron chi connectivity index (χ1n) is 5.64. The minimum atomic E-state index is 0.266. The number of rotatable bonds is 3. The Morgan fingerprint density at radius 1 is 1.44 bits per heavy atom. The van der Waals surface area contributed by atoms with E-state index in [2.05, 4.69) is 31.7 Å². The Hall–Kier alpha value is -0.960. The Kier molecular flexibility index (Phi) is 3.54. The van der Waals surface area contributed by atoms with Crippen molar-refractivity contribution in [2.45, 2.75) is 19.9 Å². The molecule has 0 aliphatic carbocycles. The highest BCUT2D eigenvalue weighted by molar-refractivity contribution is 7.80. The maximum Gasteiger partial charge on any atom is 0.223 e. The van der Waals surface area contributed by atoms with Crippen LogP contribution in [0.3, 0.4) is 0 Å². The van der Waals surface area contributed by atoms with Gasteiger partial charge in [0, 0.05) is 19.5 Å². The Morgan fingerprint density at radius 3 is 2.81 bits per heavy atom. The van der Waals surface area contributed by atoms with Crippen LogP contribution in [0.1, 0.15) is 17.5 Å². The second-order valence-electron chi connectivity index (χ2n) is 4.45. The molecule has 0 N–H and O–H groups in total. The van der Waals surface area contributed by atoms with Gasteiger partial charge in [0.1, 0.15) is 0 Å². The molecule has 2 rings (SSSR count). The Labute approximate surface area is 102 Å². The highest BCUT2D eigenvalue weighted by Gasteiger charge is 2.28. The number of carbonyl (C=O) groups excluding carboxylic acids is 1. The number of carbonyl (C=O) groups is 1. The molecule has 1 aromatic carbocycles. The molecule has 3 heteroatoms. The molecule has 1 amide bonds. The van der Waals surface area contributed by atoms with Crippen LogP contribution in [0.5, 0.6) is 0 Å². The van der Waals surface area contributed by atoms with Gasteiger partial charge in [-0.1, -0.05) is 24.3 Å². The average Bonchev–Trinajstić information content (AvgIpc) is 2.63. The molecule has 0 radical (unpaired) electrons. The van der Waals surface area contributed by atoms with E-state index in [1.807, 2.05) is 17.0 Å². The average molecular weight is 235 g/mol. The summed E-state index contributed by atoms with van der Waals surface area (Å²) in [5.74, 6) is 1.50. The standard InChI is InChI=1S/C13H17NOS/c1-10-4-2-3-5-12(10)8-14-7-11(9-16)6-13(14)15/h2-5,11,16H,6-9H2,1H3. The quantitative estimate of drug-likeness (QED) is 0.797. The van der Waals surface area contributed by atoms with E-state index < -0.39 is 0 Å². The molecule has 1 aliphatic rings. The lowest BCUT2D eigenvalue weighted by atomic mass is 10.1. The number of thiol groups is 1. The molecule has 86 valence electrons. The Bertz CT molecular complexity index is 391. The number of nitrogens with zero attached hydrogens (tertiary/aromatic N) is 1. The van der Waals surface area contributed by atoms with Crippen LogP contribution in [-0.4, -0.2) is 23.1 Å². The summed E-state index contributed by atoms with van der Waals surface area (Å²) in [6, 6.07) is 8.24. The molecule has 0 bridgehead atoms. The van der Waals surface area contributed by atoms with Crippen LogP contribution in [-0.2, 0) is 11.3 Å². The van der Waals surface area contributed by atoms with Crippen LogP contribution in [0.2, 0.25) is 0 Å². The van der Waals surface area contributed by atoms with Gasteiger partial charge in [0.15, 0.2) is 0 Å². The molecule has 1 heterocycles. The maximum absolute atomic E-state index is 11.8. The van der Waals surface area contributed by atoms with Crippen LogP contribution in [0.25, 0.3) is 0 Å². The minimum Gasteiger partial charge on any atom is -0.338 e. The first kappa shape index (κ1) is 11.5. The van der Waals surface area contributed by atoms with Crippen molar-refractivity contribution in [3.63, 3.8) is 0 Å². The van der Waals surface area contributed by atoms with Crippen molar-refractivity contribution in [2.24, 2.45) is 5.92 Å². The third-order valence-electron chi connectivity index (χ3n) is 3.18. The predicted molar refractivity (Wildman–Crippen MR) is 68.6 cm³/mol. The first-order valence-corrected chi connectivity index (χ1v) is 6.27. The van der Waals surface area contributed by atoms with Gasteiger partial charge < -0.3 is 4.90 Å². The van der Waals surface area contributed by atoms with E-state index in [-0.39, 0.29) is 5.91 Å². The van der Waals surface area contributed by atoms with Crippen molar-refractivity contribution in [1.29, 1.82) is 0 Å². The molecule has 1 aliphatic heterocycles. The number of hydrogen-bond donors (Lipinski definition) is 1. The lowest BCUT2D eigenvalue weighted by molar-refractivity contribution is -0.128. The molecule has 0 spiro atoms. The lowest BCUT2D eigenvalue weighted by Gasteiger charge is -2.17. The summed E-state index contributed by atoms with van der Waals surface area (Å²) in [5, 5.41) is 0. The van der Waals surface area contributed by atoms with E-state index in [1.54, 1.807) is 0 Å². The van der Waals surface area contributed by atoms with Gasteiger partial charge in [-0.3, -0.25) is 4.79 Å². The predicted octanol–water partition coefficient (Wildman–Crippen LogP) is 2.27. The zero-order valence-electron chi connectivity index (χ0n) is 9.52. The fraction of sp³-hybridized carbons (Fsp3) is 0.462. The van der Waals surface area contributed by atoms with Crippen LogP contribution in [0, 0.1) is 12.8 Å². The fourth-order valence-electron chi connectivity index (χ4n) is 2.12. The van der Waals surface area contributed by atoms with Crippen molar-refractivity contribution in [3.8, 4) is 0 Å². The summed E-state index contributed by atoms with van der Waals surface area (Å²) >= 11 is 4.26. The fourth-order valence-corrected chi connectivity index (χ4v) is 2.37. The van der Waals surface area contributed by atoms with Crippen molar-refractivity contribution in [3.05, 3.63) is 35.4 Å². The van der Waals surface area contributed by atoms with Gasteiger partial charge in [-0.15, -0.1) is 0 Å². The summed E-state index contributed by atoms with van der Waals surface area (Å²) in [7, 11) is 0. The van der Waals surface area contributed by atoms with E-state index in [0.29, 0.717) is 12.3 Å². The maximum atomic E-state index is 11.8. The summed E-state index contributed by atoms with van der Waals surface area (Å²) in [6.07, 6.45) is 0.662. The van der Waals surface area contributed by atoms with Gasteiger partial charge >= 0.3 is 0 Å². The topological polar surface area (TPSA) is 20.3 Å². The second kappa shape index (κ2) is 4.91. The van der Waals surface area contributed by atoms with Crippen LogP contribution in [0.15, 0.2) is 24.3 Å².